The largest absolute Gasteiger partial charge is 0.368 e. The minimum Gasteiger partial charge on any atom is -0.368 e. The maximum absolute atomic E-state index is 13.2. The second-order valence-corrected chi connectivity index (χ2v) is 5.66. The molecule has 2 N–H and O–H groups in total. The third kappa shape index (κ3) is 4.84. The zero-order valence-electron chi connectivity index (χ0n) is 13.0. The van der Waals surface area contributed by atoms with Crippen molar-refractivity contribution in [3.05, 3.63) is 70.9 Å². The molecule has 0 bridgehead atoms. The first-order valence-corrected chi connectivity index (χ1v) is 7.88. The average Bonchev–Trinajstić information content (AvgIpc) is 2.60. The molecule has 0 atom stereocenters. The standard InChI is InChI=1S/C17H14ClF2N5/c18-12-3-1-11(2-4-12)7-8-21-16-10-22-25-17(24-16)23-13-5-6-14(19)15(20)9-13/h1-6,9-10H,7-8H2,(H2,21,23,24,25). The molecule has 1 heterocycles. The Hall–Kier alpha value is -2.80. The fraction of sp³-hybridized carbons (Fsp3) is 0.118. The molecule has 5 nitrogen and oxygen atoms in total. The molecule has 8 heteroatoms. The van der Waals surface area contributed by atoms with Crippen LogP contribution >= 0.6 is 11.6 Å². The zero-order valence-corrected chi connectivity index (χ0v) is 13.8. The summed E-state index contributed by atoms with van der Waals surface area (Å²) in [6.07, 6.45) is 2.27. The predicted molar refractivity (Wildman–Crippen MR) is 93.1 cm³/mol. The van der Waals surface area contributed by atoms with E-state index in [2.05, 4.69) is 25.8 Å². The van der Waals surface area contributed by atoms with Crippen molar-refractivity contribution in [3.63, 3.8) is 0 Å². The summed E-state index contributed by atoms with van der Waals surface area (Å²) in [7, 11) is 0. The van der Waals surface area contributed by atoms with E-state index in [1.54, 1.807) is 0 Å². The number of hydrogen-bond donors (Lipinski definition) is 2. The Morgan fingerprint density at radius 2 is 1.80 bits per heavy atom. The highest BCUT2D eigenvalue weighted by Crippen LogP contribution is 2.17. The van der Waals surface area contributed by atoms with Crippen LogP contribution in [0.4, 0.5) is 26.2 Å². The van der Waals surface area contributed by atoms with Crippen molar-refractivity contribution in [1.29, 1.82) is 0 Å². The van der Waals surface area contributed by atoms with Gasteiger partial charge in [-0.05, 0) is 36.2 Å². The molecule has 0 unspecified atom stereocenters. The Kier molecular flexibility index (Phi) is 5.35. The lowest BCUT2D eigenvalue weighted by atomic mass is 10.1. The summed E-state index contributed by atoms with van der Waals surface area (Å²) in [6, 6.07) is 11.0. The van der Waals surface area contributed by atoms with Crippen LogP contribution in [0.5, 0.6) is 0 Å². The van der Waals surface area contributed by atoms with E-state index >= 15 is 0 Å². The summed E-state index contributed by atoms with van der Waals surface area (Å²) in [5.74, 6) is -1.16. The maximum Gasteiger partial charge on any atom is 0.249 e. The molecule has 0 saturated carbocycles. The van der Waals surface area contributed by atoms with E-state index < -0.39 is 11.6 Å². The molecular formula is C17H14ClF2N5. The zero-order chi connectivity index (χ0) is 17.6. The molecule has 0 radical (unpaired) electrons. The first kappa shape index (κ1) is 17.0. The van der Waals surface area contributed by atoms with Crippen molar-refractivity contribution in [2.24, 2.45) is 0 Å². The average molecular weight is 362 g/mol. The van der Waals surface area contributed by atoms with Crippen LogP contribution in [-0.2, 0) is 6.42 Å². The molecule has 2 aromatic carbocycles. The van der Waals surface area contributed by atoms with E-state index in [1.165, 1.54) is 12.3 Å². The molecule has 25 heavy (non-hydrogen) atoms. The lowest BCUT2D eigenvalue weighted by Gasteiger charge is -2.08. The van der Waals surface area contributed by atoms with Crippen molar-refractivity contribution in [3.8, 4) is 0 Å². The number of nitrogens with one attached hydrogen (secondary N) is 2. The van der Waals surface area contributed by atoms with E-state index in [4.69, 9.17) is 11.6 Å². The van der Waals surface area contributed by atoms with Gasteiger partial charge in [-0.2, -0.15) is 10.1 Å². The molecule has 0 saturated heterocycles. The number of nitrogens with zero attached hydrogens (tertiary/aromatic N) is 3. The highest BCUT2D eigenvalue weighted by Gasteiger charge is 2.05. The molecule has 1 aromatic heterocycles. The monoisotopic (exact) mass is 361 g/mol. The lowest BCUT2D eigenvalue weighted by Crippen LogP contribution is -2.08. The molecule has 0 aliphatic rings. The van der Waals surface area contributed by atoms with Crippen molar-refractivity contribution in [2.45, 2.75) is 6.42 Å². The van der Waals surface area contributed by atoms with Gasteiger partial charge in [0.25, 0.3) is 0 Å². The van der Waals surface area contributed by atoms with Gasteiger partial charge in [0.1, 0.15) is 0 Å². The van der Waals surface area contributed by atoms with Crippen molar-refractivity contribution in [2.75, 3.05) is 17.2 Å². The molecule has 0 aliphatic carbocycles. The number of benzene rings is 2. The van der Waals surface area contributed by atoms with Gasteiger partial charge in [-0.15, -0.1) is 5.10 Å². The van der Waals surface area contributed by atoms with Gasteiger partial charge >= 0.3 is 0 Å². The highest BCUT2D eigenvalue weighted by atomic mass is 35.5. The molecule has 3 aromatic rings. The first-order chi connectivity index (χ1) is 12.1. The van der Waals surface area contributed by atoms with Crippen molar-refractivity contribution < 1.29 is 8.78 Å². The van der Waals surface area contributed by atoms with Gasteiger partial charge in [-0.3, -0.25) is 0 Å². The van der Waals surface area contributed by atoms with Crippen LogP contribution in [0.1, 0.15) is 5.56 Å². The van der Waals surface area contributed by atoms with E-state index in [-0.39, 0.29) is 5.95 Å². The Morgan fingerprint density at radius 3 is 2.56 bits per heavy atom. The number of halogens is 3. The molecule has 0 amide bonds. The maximum atomic E-state index is 13.2. The van der Waals surface area contributed by atoms with Crippen LogP contribution in [0.25, 0.3) is 0 Å². The summed E-state index contributed by atoms with van der Waals surface area (Å²) in [6.45, 7) is 0.644. The fourth-order valence-electron chi connectivity index (χ4n) is 2.13. The molecule has 0 spiro atoms. The smallest absolute Gasteiger partial charge is 0.249 e. The number of rotatable bonds is 6. The van der Waals surface area contributed by atoms with Crippen LogP contribution in [0.15, 0.2) is 48.7 Å². The minimum absolute atomic E-state index is 0.183. The van der Waals surface area contributed by atoms with Crippen molar-refractivity contribution >= 4 is 29.1 Å². The predicted octanol–water partition coefficient (Wildman–Crippen LogP) is 4.20. The van der Waals surface area contributed by atoms with Gasteiger partial charge in [0, 0.05) is 23.3 Å². The van der Waals surface area contributed by atoms with E-state index in [0.717, 1.165) is 24.1 Å². The summed E-state index contributed by atoms with van der Waals surface area (Å²) in [5, 5.41) is 14.3. The fourth-order valence-corrected chi connectivity index (χ4v) is 2.26. The molecular weight excluding hydrogens is 348 g/mol. The second kappa shape index (κ2) is 7.85. The lowest BCUT2D eigenvalue weighted by molar-refractivity contribution is 0.509. The summed E-state index contributed by atoms with van der Waals surface area (Å²) in [5.41, 5.74) is 1.47. The molecule has 3 rings (SSSR count). The Morgan fingerprint density at radius 1 is 1.00 bits per heavy atom. The van der Waals surface area contributed by atoms with Gasteiger partial charge < -0.3 is 10.6 Å². The molecule has 0 aliphatic heterocycles. The number of aromatic nitrogens is 3. The van der Waals surface area contributed by atoms with E-state index in [1.807, 2.05) is 24.3 Å². The van der Waals surface area contributed by atoms with Crippen LogP contribution in [0.3, 0.4) is 0 Å². The Balaban J connectivity index is 1.59. The second-order valence-electron chi connectivity index (χ2n) is 5.22. The van der Waals surface area contributed by atoms with Crippen LogP contribution in [-0.4, -0.2) is 21.7 Å². The van der Waals surface area contributed by atoms with Crippen LogP contribution < -0.4 is 10.6 Å². The SMILES string of the molecule is Fc1ccc(Nc2nncc(NCCc3ccc(Cl)cc3)n2)cc1F. The topological polar surface area (TPSA) is 62.7 Å². The molecule has 128 valence electrons. The van der Waals surface area contributed by atoms with E-state index in [9.17, 15) is 8.78 Å². The van der Waals surface area contributed by atoms with Crippen molar-refractivity contribution in [1.82, 2.24) is 15.2 Å². The molecule has 0 fully saturated rings. The summed E-state index contributed by atoms with van der Waals surface area (Å²) < 4.78 is 26.2. The number of anilines is 3. The van der Waals surface area contributed by atoms with Gasteiger partial charge in [-0.25, -0.2) is 8.78 Å². The Bertz CT molecular complexity index is 858. The van der Waals surface area contributed by atoms with E-state index in [0.29, 0.717) is 23.1 Å². The van der Waals surface area contributed by atoms with Gasteiger partial charge in [-0.1, -0.05) is 23.7 Å². The van der Waals surface area contributed by atoms with Crippen LogP contribution in [0, 0.1) is 11.6 Å². The first-order valence-electron chi connectivity index (χ1n) is 7.50. The van der Waals surface area contributed by atoms with Gasteiger partial charge in [0.2, 0.25) is 5.95 Å². The number of hydrogen-bond acceptors (Lipinski definition) is 5. The van der Waals surface area contributed by atoms with Gasteiger partial charge in [0.15, 0.2) is 17.5 Å². The summed E-state index contributed by atoms with van der Waals surface area (Å²) >= 11 is 5.85. The normalized spacial score (nSPS) is 10.5. The minimum atomic E-state index is -0.949. The quantitative estimate of drug-likeness (QED) is 0.689. The third-order valence-electron chi connectivity index (χ3n) is 3.37. The Labute approximate surface area is 148 Å². The highest BCUT2D eigenvalue weighted by molar-refractivity contribution is 6.30. The van der Waals surface area contributed by atoms with Gasteiger partial charge in [0.05, 0.1) is 6.20 Å². The summed E-state index contributed by atoms with van der Waals surface area (Å²) in [4.78, 5) is 4.23. The third-order valence-corrected chi connectivity index (χ3v) is 3.62. The van der Waals surface area contributed by atoms with Crippen LogP contribution in [0.2, 0.25) is 5.02 Å².